The molecule has 16 heavy (non-hydrogen) atoms. The highest BCUT2D eigenvalue weighted by Crippen LogP contribution is 2.41. The van der Waals surface area contributed by atoms with Crippen molar-refractivity contribution in [3.63, 3.8) is 0 Å². The molecule has 0 N–H and O–H groups in total. The van der Waals surface area contributed by atoms with E-state index in [4.69, 9.17) is 10.00 Å². The first-order chi connectivity index (χ1) is 7.90. The van der Waals surface area contributed by atoms with Crippen LogP contribution in [0.25, 0.3) is 11.1 Å². The van der Waals surface area contributed by atoms with Crippen molar-refractivity contribution in [3.05, 3.63) is 48.3 Å². The molecule has 0 saturated carbocycles. The molecule has 0 spiro atoms. The molecule has 0 amide bonds. The van der Waals surface area contributed by atoms with Crippen molar-refractivity contribution in [2.75, 3.05) is 0 Å². The van der Waals surface area contributed by atoms with Gasteiger partial charge in [-0.15, -0.1) is 0 Å². The van der Waals surface area contributed by atoms with Crippen LogP contribution in [0.2, 0.25) is 0 Å². The first-order valence-corrected chi connectivity index (χ1v) is 5.00. The molecule has 1 aromatic heterocycles. The summed E-state index contributed by atoms with van der Waals surface area (Å²) in [4.78, 5) is 4.04. The van der Waals surface area contributed by atoms with Crippen molar-refractivity contribution in [2.24, 2.45) is 0 Å². The number of aromatic nitrogens is 1. The molecule has 0 aliphatic carbocycles. The van der Waals surface area contributed by atoms with Crippen molar-refractivity contribution in [3.8, 4) is 22.9 Å². The summed E-state index contributed by atoms with van der Waals surface area (Å²) in [7, 11) is 0. The lowest BCUT2D eigenvalue weighted by Gasteiger charge is -2.23. The summed E-state index contributed by atoms with van der Waals surface area (Å²) in [6.45, 7) is 0. The number of para-hydroxylation sites is 1. The Hall–Kier alpha value is -2.34. The number of fused-ring (bicyclic) bond motifs is 3. The van der Waals surface area contributed by atoms with Crippen molar-refractivity contribution >= 4 is 0 Å². The predicted molar refractivity (Wildman–Crippen MR) is 58.7 cm³/mol. The van der Waals surface area contributed by atoms with E-state index in [0.717, 1.165) is 22.4 Å². The normalized spacial score (nSPS) is 16.6. The molecule has 1 aromatic carbocycles. The van der Waals surface area contributed by atoms with Crippen LogP contribution < -0.4 is 4.74 Å². The smallest absolute Gasteiger partial charge is 0.211 e. The maximum Gasteiger partial charge on any atom is 0.211 e. The van der Waals surface area contributed by atoms with Gasteiger partial charge in [-0.05, 0) is 17.7 Å². The van der Waals surface area contributed by atoms with Crippen LogP contribution in [0, 0.1) is 11.3 Å². The third kappa shape index (κ3) is 1.17. The van der Waals surface area contributed by atoms with Crippen LogP contribution in [0.3, 0.4) is 0 Å². The zero-order chi connectivity index (χ0) is 11.0. The highest BCUT2D eigenvalue weighted by molar-refractivity contribution is 5.75. The number of pyridine rings is 1. The van der Waals surface area contributed by atoms with Crippen LogP contribution in [0.5, 0.6) is 5.75 Å². The van der Waals surface area contributed by atoms with Crippen LogP contribution >= 0.6 is 0 Å². The summed E-state index contributed by atoms with van der Waals surface area (Å²) >= 11 is 0. The number of rotatable bonds is 0. The highest BCUT2D eigenvalue weighted by atomic mass is 16.5. The second-order valence-electron chi connectivity index (χ2n) is 3.59. The summed E-state index contributed by atoms with van der Waals surface area (Å²) < 4.78 is 5.61. The lowest BCUT2D eigenvalue weighted by atomic mass is 9.95. The SMILES string of the molecule is N#CC1Oc2ccccc2-c2ccncc21. The van der Waals surface area contributed by atoms with Gasteiger partial charge in [-0.1, -0.05) is 18.2 Å². The molecule has 0 radical (unpaired) electrons. The highest BCUT2D eigenvalue weighted by Gasteiger charge is 2.25. The molecule has 0 saturated heterocycles. The molecule has 3 heteroatoms. The Bertz CT molecular complexity index is 586. The maximum atomic E-state index is 9.06. The number of hydrogen-bond acceptors (Lipinski definition) is 3. The van der Waals surface area contributed by atoms with Gasteiger partial charge in [-0.25, -0.2) is 0 Å². The molecule has 1 aliphatic heterocycles. The average molecular weight is 208 g/mol. The van der Waals surface area contributed by atoms with Crippen molar-refractivity contribution < 1.29 is 4.74 Å². The van der Waals surface area contributed by atoms with E-state index in [1.807, 2.05) is 30.3 Å². The molecule has 1 atom stereocenters. The lowest BCUT2D eigenvalue weighted by molar-refractivity contribution is 0.258. The van der Waals surface area contributed by atoms with Crippen LogP contribution in [0.1, 0.15) is 11.7 Å². The van der Waals surface area contributed by atoms with Crippen LogP contribution in [0.4, 0.5) is 0 Å². The fraction of sp³-hybridized carbons (Fsp3) is 0.0769. The fourth-order valence-corrected chi connectivity index (χ4v) is 1.94. The van der Waals surface area contributed by atoms with Gasteiger partial charge in [0.25, 0.3) is 0 Å². The fourth-order valence-electron chi connectivity index (χ4n) is 1.94. The van der Waals surface area contributed by atoms with Gasteiger partial charge in [-0.2, -0.15) is 5.26 Å². The van der Waals surface area contributed by atoms with Gasteiger partial charge in [0.2, 0.25) is 6.10 Å². The number of hydrogen-bond donors (Lipinski definition) is 0. The van der Waals surface area contributed by atoms with E-state index < -0.39 is 6.10 Å². The molecule has 1 unspecified atom stereocenters. The van der Waals surface area contributed by atoms with Gasteiger partial charge in [0.05, 0.1) is 0 Å². The lowest BCUT2D eigenvalue weighted by Crippen LogP contribution is -2.12. The number of nitriles is 1. The van der Waals surface area contributed by atoms with Crippen molar-refractivity contribution in [1.82, 2.24) is 4.98 Å². The Morgan fingerprint density at radius 1 is 1.19 bits per heavy atom. The Morgan fingerprint density at radius 2 is 2.06 bits per heavy atom. The maximum absolute atomic E-state index is 9.06. The second-order valence-corrected chi connectivity index (χ2v) is 3.59. The zero-order valence-corrected chi connectivity index (χ0v) is 8.42. The van der Waals surface area contributed by atoms with Gasteiger partial charge in [0.15, 0.2) is 0 Å². The second kappa shape index (κ2) is 3.35. The third-order valence-electron chi connectivity index (χ3n) is 2.67. The summed E-state index contributed by atoms with van der Waals surface area (Å²) in [6, 6.07) is 11.8. The first kappa shape index (κ1) is 8.93. The Kier molecular flexibility index (Phi) is 1.87. The van der Waals surface area contributed by atoms with Crippen molar-refractivity contribution in [2.45, 2.75) is 6.10 Å². The van der Waals surface area contributed by atoms with E-state index in [1.54, 1.807) is 12.4 Å². The predicted octanol–water partition coefficient (Wildman–Crippen LogP) is 2.71. The largest absolute Gasteiger partial charge is 0.470 e. The van der Waals surface area contributed by atoms with Crippen molar-refractivity contribution in [1.29, 1.82) is 5.26 Å². The molecular weight excluding hydrogens is 200 g/mol. The molecule has 76 valence electrons. The number of ether oxygens (including phenoxy) is 1. The van der Waals surface area contributed by atoms with Crippen LogP contribution in [0.15, 0.2) is 42.7 Å². The molecular formula is C13H8N2O. The van der Waals surface area contributed by atoms with Crippen LogP contribution in [-0.2, 0) is 0 Å². The number of benzene rings is 1. The van der Waals surface area contributed by atoms with E-state index in [-0.39, 0.29) is 0 Å². The van der Waals surface area contributed by atoms with E-state index in [0.29, 0.717) is 0 Å². The topological polar surface area (TPSA) is 45.9 Å². The van der Waals surface area contributed by atoms with E-state index in [9.17, 15) is 0 Å². The van der Waals surface area contributed by atoms with Gasteiger partial charge >= 0.3 is 0 Å². The monoisotopic (exact) mass is 208 g/mol. The van der Waals surface area contributed by atoms with Gasteiger partial charge in [0, 0.05) is 23.5 Å². The van der Waals surface area contributed by atoms with E-state index in [2.05, 4.69) is 11.1 Å². The molecule has 3 nitrogen and oxygen atoms in total. The minimum absolute atomic E-state index is 0.557. The minimum Gasteiger partial charge on any atom is -0.470 e. The Morgan fingerprint density at radius 3 is 2.94 bits per heavy atom. The minimum atomic E-state index is -0.557. The average Bonchev–Trinajstić information content (AvgIpc) is 2.38. The molecule has 2 heterocycles. The van der Waals surface area contributed by atoms with Gasteiger partial charge in [-0.3, -0.25) is 4.98 Å². The quantitative estimate of drug-likeness (QED) is 0.668. The Labute approximate surface area is 92.9 Å². The Balaban J connectivity index is 2.29. The zero-order valence-electron chi connectivity index (χ0n) is 8.42. The molecule has 3 rings (SSSR count). The van der Waals surface area contributed by atoms with E-state index in [1.165, 1.54) is 0 Å². The van der Waals surface area contributed by atoms with Gasteiger partial charge < -0.3 is 4.74 Å². The molecule has 0 bridgehead atoms. The first-order valence-electron chi connectivity index (χ1n) is 5.00. The van der Waals surface area contributed by atoms with E-state index >= 15 is 0 Å². The number of nitrogens with zero attached hydrogens (tertiary/aromatic N) is 2. The summed E-state index contributed by atoms with van der Waals surface area (Å²) in [6.07, 6.45) is 2.87. The summed E-state index contributed by atoms with van der Waals surface area (Å²) in [5.41, 5.74) is 2.89. The van der Waals surface area contributed by atoms with Gasteiger partial charge in [0.1, 0.15) is 11.8 Å². The third-order valence-corrected chi connectivity index (χ3v) is 2.67. The molecule has 1 aliphatic rings. The molecule has 0 fully saturated rings. The van der Waals surface area contributed by atoms with Crippen LogP contribution in [-0.4, -0.2) is 4.98 Å². The summed E-state index contributed by atoms with van der Waals surface area (Å²) in [5, 5.41) is 9.06. The summed E-state index contributed by atoms with van der Waals surface area (Å²) in [5.74, 6) is 0.757. The molecule has 2 aromatic rings. The standard InChI is InChI=1S/C13H8N2O/c14-7-13-11-8-15-6-5-9(11)10-3-1-2-4-12(10)16-13/h1-6,8,13H.